The number of aromatic nitrogens is 2. The molecule has 128 valence electrons. The first-order chi connectivity index (χ1) is 12.0. The van der Waals surface area contributed by atoms with E-state index in [4.69, 9.17) is 4.74 Å². The maximum absolute atomic E-state index is 13.0. The molecule has 3 rings (SSSR count). The van der Waals surface area contributed by atoms with Gasteiger partial charge in [0, 0.05) is 12.6 Å². The largest absolute Gasteiger partial charge is 0.461 e. The molecule has 0 aliphatic heterocycles. The molecular formula is C18H13BrF2N2O2. The van der Waals surface area contributed by atoms with Gasteiger partial charge in [0.05, 0.1) is 16.8 Å². The summed E-state index contributed by atoms with van der Waals surface area (Å²) in [5.74, 6) is -1.23. The van der Waals surface area contributed by atoms with Crippen molar-refractivity contribution in [2.24, 2.45) is 0 Å². The SMILES string of the molecule is O=C(OCCc1ccc(F)cc1)c1nn(-c2ccc(F)cc2)cc1Br. The minimum atomic E-state index is -0.574. The Balaban J connectivity index is 1.64. The first-order valence-electron chi connectivity index (χ1n) is 7.45. The fourth-order valence-electron chi connectivity index (χ4n) is 2.20. The fraction of sp³-hybridized carbons (Fsp3) is 0.111. The summed E-state index contributed by atoms with van der Waals surface area (Å²) in [5.41, 5.74) is 1.61. The van der Waals surface area contributed by atoms with Gasteiger partial charge in [-0.2, -0.15) is 5.10 Å². The van der Waals surface area contributed by atoms with Crippen LogP contribution >= 0.6 is 15.9 Å². The summed E-state index contributed by atoms with van der Waals surface area (Å²) in [5, 5.41) is 4.17. The maximum Gasteiger partial charge on any atom is 0.360 e. The smallest absolute Gasteiger partial charge is 0.360 e. The summed E-state index contributed by atoms with van der Waals surface area (Å²) in [7, 11) is 0. The van der Waals surface area contributed by atoms with Crippen molar-refractivity contribution in [3.63, 3.8) is 0 Å². The highest BCUT2D eigenvalue weighted by Gasteiger charge is 2.17. The predicted octanol–water partition coefficient (Wildman–Crippen LogP) is 4.31. The van der Waals surface area contributed by atoms with Gasteiger partial charge in [-0.3, -0.25) is 0 Å². The third-order valence-electron chi connectivity index (χ3n) is 3.49. The summed E-state index contributed by atoms with van der Waals surface area (Å²) >= 11 is 3.27. The zero-order valence-electron chi connectivity index (χ0n) is 13.0. The minimum Gasteiger partial charge on any atom is -0.461 e. The first-order valence-corrected chi connectivity index (χ1v) is 8.25. The number of benzene rings is 2. The highest BCUT2D eigenvalue weighted by molar-refractivity contribution is 9.10. The van der Waals surface area contributed by atoms with Crippen molar-refractivity contribution >= 4 is 21.9 Å². The van der Waals surface area contributed by atoms with Gasteiger partial charge in [-0.1, -0.05) is 12.1 Å². The van der Waals surface area contributed by atoms with Crippen LogP contribution in [0.3, 0.4) is 0 Å². The molecule has 0 N–H and O–H groups in total. The number of carbonyl (C=O) groups is 1. The molecule has 0 bridgehead atoms. The van der Waals surface area contributed by atoms with E-state index in [0.717, 1.165) is 5.56 Å². The Morgan fingerprint density at radius 1 is 1.04 bits per heavy atom. The standard InChI is InChI=1S/C18H13BrF2N2O2/c19-16-11-23(15-7-5-14(21)6-8-15)22-17(16)18(24)25-10-9-12-1-3-13(20)4-2-12/h1-8,11H,9-10H2. The molecule has 0 saturated heterocycles. The fourth-order valence-corrected chi connectivity index (χ4v) is 2.63. The lowest BCUT2D eigenvalue weighted by Crippen LogP contribution is -2.10. The van der Waals surface area contributed by atoms with Crippen LogP contribution in [0.5, 0.6) is 0 Å². The number of rotatable bonds is 5. The summed E-state index contributed by atoms with van der Waals surface area (Å²) < 4.78 is 33.0. The highest BCUT2D eigenvalue weighted by atomic mass is 79.9. The molecule has 1 heterocycles. The van der Waals surface area contributed by atoms with Crippen molar-refractivity contribution in [2.45, 2.75) is 6.42 Å². The monoisotopic (exact) mass is 406 g/mol. The van der Waals surface area contributed by atoms with E-state index in [1.165, 1.54) is 28.9 Å². The van der Waals surface area contributed by atoms with Crippen molar-refractivity contribution in [1.82, 2.24) is 9.78 Å². The molecule has 4 nitrogen and oxygen atoms in total. The van der Waals surface area contributed by atoms with Gasteiger partial charge >= 0.3 is 5.97 Å². The molecule has 0 fully saturated rings. The second-order valence-electron chi connectivity index (χ2n) is 5.26. The normalized spacial score (nSPS) is 10.7. The van der Waals surface area contributed by atoms with Crippen molar-refractivity contribution in [3.05, 3.63) is 82.1 Å². The van der Waals surface area contributed by atoms with Crippen LogP contribution in [0.25, 0.3) is 5.69 Å². The molecule has 25 heavy (non-hydrogen) atoms. The van der Waals surface area contributed by atoms with Crippen LogP contribution in [0.15, 0.2) is 59.2 Å². The zero-order chi connectivity index (χ0) is 17.8. The molecule has 0 saturated carbocycles. The molecule has 0 atom stereocenters. The Hall–Kier alpha value is -2.54. The molecule has 0 radical (unpaired) electrons. The van der Waals surface area contributed by atoms with E-state index in [1.807, 2.05) is 0 Å². The van der Waals surface area contributed by atoms with E-state index < -0.39 is 5.97 Å². The number of nitrogens with zero attached hydrogens (tertiary/aromatic N) is 2. The third kappa shape index (κ3) is 4.30. The molecule has 0 spiro atoms. The molecule has 0 amide bonds. The van der Waals surface area contributed by atoms with Crippen molar-refractivity contribution in [3.8, 4) is 5.69 Å². The van der Waals surface area contributed by atoms with Crippen molar-refractivity contribution in [2.75, 3.05) is 6.61 Å². The molecular weight excluding hydrogens is 394 g/mol. The van der Waals surface area contributed by atoms with Crippen LogP contribution in [0.4, 0.5) is 8.78 Å². The van der Waals surface area contributed by atoms with Crippen LogP contribution in [-0.4, -0.2) is 22.4 Å². The Kier molecular flexibility index (Phi) is 5.23. The topological polar surface area (TPSA) is 44.1 Å². The summed E-state index contributed by atoms with van der Waals surface area (Å²) in [6.07, 6.45) is 2.08. The summed E-state index contributed by atoms with van der Waals surface area (Å²) in [4.78, 5) is 12.2. The van der Waals surface area contributed by atoms with E-state index in [1.54, 1.807) is 30.5 Å². The Labute approximate surface area is 151 Å². The number of ether oxygens (including phenoxy) is 1. The molecule has 2 aromatic carbocycles. The summed E-state index contributed by atoms with van der Waals surface area (Å²) in [6.45, 7) is 0.153. The van der Waals surface area contributed by atoms with Gasteiger partial charge in [0.25, 0.3) is 0 Å². The number of hydrogen-bond acceptors (Lipinski definition) is 3. The second kappa shape index (κ2) is 7.57. The van der Waals surface area contributed by atoms with Crippen molar-refractivity contribution < 1.29 is 18.3 Å². The van der Waals surface area contributed by atoms with Gasteiger partial charge in [-0.25, -0.2) is 18.3 Å². The lowest BCUT2D eigenvalue weighted by atomic mass is 10.2. The Morgan fingerprint density at radius 3 is 2.28 bits per heavy atom. The maximum atomic E-state index is 13.0. The lowest BCUT2D eigenvalue weighted by Gasteiger charge is -2.04. The number of hydrogen-bond donors (Lipinski definition) is 0. The molecule has 0 aliphatic rings. The molecule has 3 aromatic rings. The van der Waals surface area contributed by atoms with Crippen LogP contribution in [0.1, 0.15) is 16.1 Å². The summed E-state index contributed by atoms with van der Waals surface area (Å²) in [6, 6.07) is 11.7. The van der Waals surface area contributed by atoms with Crippen LogP contribution < -0.4 is 0 Å². The lowest BCUT2D eigenvalue weighted by molar-refractivity contribution is 0.0500. The molecule has 7 heteroatoms. The van der Waals surface area contributed by atoms with Gasteiger partial charge in [0.2, 0.25) is 0 Å². The number of carbonyl (C=O) groups excluding carboxylic acids is 1. The van der Waals surface area contributed by atoms with Crippen LogP contribution in [-0.2, 0) is 11.2 Å². The zero-order valence-corrected chi connectivity index (χ0v) is 14.5. The minimum absolute atomic E-state index is 0.128. The van der Waals surface area contributed by atoms with Crippen molar-refractivity contribution in [1.29, 1.82) is 0 Å². The molecule has 0 unspecified atom stereocenters. The Morgan fingerprint density at radius 2 is 1.64 bits per heavy atom. The van der Waals surface area contributed by atoms with Gasteiger partial charge < -0.3 is 4.74 Å². The van der Waals surface area contributed by atoms with Gasteiger partial charge in [-0.15, -0.1) is 0 Å². The molecule has 0 aliphatic carbocycles. The first kappa shape index (κ1) is 17.3. The number of halogens is 3. The highest BCUT2D eigenvalue weighted by Crippen LogP contribution is 2.19. The average Bonchev–Trinajstić information content (AvgIpc) is 2.99. The van der Waals surface area contributed by atoms with Crippen LogP contribution in [0.2, 0.25) is 0 Å². The van der Waals surface area contributed by atoms with E-state index in [-0.39, 0.29) is 23.9 Å². The van der Waals surface area contributed by atoms with E-state index >= 15 is 0 Å². The third-order valence-corrected chi connectivity index (χ3v) is 4.07. The van der Waals surface area contributed by atoms with E-state index in [9.17, 15) is 13.6 Å². The number of esters is 1. The molecule has 1 aromatic heterocycles. The average molecular weight is 407 g/mol. The second-order valence-corrected chi connectivity index (χ2v) is 6.11. The van der Waals surface area contributed by atoms with E-state index in [2.05, 4.69) is 21.0 Å². The Bertz CT molecular complexity index is 877. The van der Waals surface area contributed by atoms with Gasteiger partial charge in [0.1, 0.15) is 11.6 Å². The van der Waals surface area contributed by atoms with Gasteiger partial charge in [0.15, 0.2) is 5.69 Å². The van der Waals surface area contributed by atoms with Gasteiger partial charge in [-0.05, 0) is 57.9 Å². The van der Waals surface area contributed by atoms with E-state index in [0.29, 0.717) is 16.6 Å². The predicted molar refractivity (Wildman–Crippen MR) is 91.6 cm³/mol. The van der Waals surface area contributed by atoms with Crippen LogP contribution in [0, 0.1) is 11.6 Å². The quantitative estimate of drug-likeness (QED) is 0.592.